The molecule has 0 saturated carbocycles. The maximum absolute atomic E-state index is 12.2. The largest absolute Gasteiger partial charge is 0.394 e. The van der Waals surface area contributed by atoms with Gasteiger partial charge in [0.05, 0.1) is 18.3 Å². The molecule has 0 bridgehead atoms. The third-order valence-corrected chi connectivity index (χ3v) is 3.13. The Hall–Kier alpha value is -1.69. The highest BCUT2D eigenvalue weighted by atomic mass is 16.3. The molecule has 1 aromatic rings. The number of rotatable bonds is 4. The van der Waals surface area contributed by atoms with Gasteiger partial charge in [-0.1, -0.05) is 13.8 Å². The Morgan fingerprint density at radius 1 is 1.42 bits per heavy atom. The van der Waals surface area contributed by atoms with E-state index in [2.05, 4.69) is 9.97 Å². The third-order valence-electron chi connectivity index (χ3n) is 3.13. The number of carbonyl (C=O) groups excluding carboxylic acids is 1. The average molecular weight is 267 g/mol. The molecule has 1 unspecified atom stereocenters. The van der Waals surface area contributed by atoms with Crippen molar-refractivity contribution in [1.82, 2.24) is 14.9 Å². The lowest BCUT2D eigenvalue weighted by atomic mass is 10.1. The molecule has 1 aromatic heterocycles. The van der Waals surface area contributed by atoms with E-state index < -0.39 is 11.5 Å². The van der Waals surface area contributed by atoms with E-state index >= 15 is 0 Å². The van der Waals surface area contributed by atoms with Crippen molar-refractivity contribution in [3.05, 3.63) is 27.4 Å². The molecule has 1 atom stereocenters. The summed E-state index contributed by atoms with van der Waals surface area (Å²) in [6.07, 6.45) is 0. The van der Waals surface area contributed by atoms with Crippen LogP contribution >= 0.6 is 0 Å². The summed E-state index contributed by atoms with van der Waals surface area (Å²) >= 11 is 0. The number of nitrogens with one attached hydrogen (secondary N) is 1. The van der Waals surface area contributed by atoms with Crippen molar-refractivity contribution in [2.24, 2.45) is 0 Å². The lowest BCUT2D eigenvalue weighted by molar-refractivity contribution is 0.0679. The van der Waals surface area contributed by atoms with Gasteiger partial charge in [-0.15, -0.1) is 0 Å². The van der Waals surface area contributed by atoms with E-state index in [-0.39, 0.29) is 24.1 Å². The Morgan fingerprint density at radius 2 is 2.00 bits per heavy atom. The van der Waals surface area contributed by atoms with Crippen molar-refractivity contribution >= 4 is 5.91 Å². The number of aliphatic hydroxyl groups is 1. The Bertz CT molecular complexity index is 522. The van der Waals surface area contributed by atoms with Gasteiger partial charge in [0.2, 0.25) is 0 Å². The molecule has 0 saturated heterocycles. The summed E-state index contributed by atoms with van der Waals surface area (Å²) < 4.78 is 0. The average Bonchev–Trinajstić information content (AvgIpc) is 2.35. The molecule has 6 heteroatoms. The number of nitrogens with zero attached hydrogens (tertiary/aromatic N) is 2. The molecule has 106 valence electrons. The van der Waals surface area contributed by atoms with E-state index in [1.54, 1.807) is 20.9 Å². The van der Waals surface area contributed by atoms with E-state index in [0.29, 0.717) is 11.5 Å². The van der Waals surface area contributed by atoms with Crippen molar-refractivity contribution < 1.29 is 9.90 Å². The quantitative estimate of drug-likeness (QED) is 0.839. The smallest absolute Gasteiger partial charge is 0.264 e. The monoisotopic (exact) mass is 267 g/mol. The maximum atomic E-state index is 12.2. The summed E-state index contributed by atoms with van der Waals surface area (Å²) in [6.45, 7) is 7.03. The van der Waals surface area contributed by atoms with E-state index in [0.717, 1.165) is 0 Å². The minimum Gasteiger partial charge on any atom is -0.394 e. The van der Waals surface area contributed by atoms with Gasteiger partial charge in [0, 0.05) is 13.0 Å². The molecule has 0 aromatic carbocycles. The van der Waals surface area contributed by atoms with Gasteiger partial charge in [-0.05, 0) is 13.8 Å². The number of aryl methyl sites for hydroxylation is 1. The van der Waals surface area contributed by atoms with Crippen LogP contribution in [0.2, 0.25) is 0 Å². The highest BCUT2D eigenvalue weighted by molar-refractivity contribution is 5.94. The van der Waals surface area contributed by atoms with E-state index in [4.69, 9.17) is 5.11 Å². The van der Waals surface area contributed by atoms with Crippen LogP contribution in [0.1, 0.15) is 48.6 Å². The Morgan fingerprint density at radius 3 is 2.42 bits per heavy atom. The van der Waals surface area contributed by atoms with Gasteiger partial charge in [-0.3, -0.25) is 9.59 Å². The first kappa shape index (κ1) is 15.4. The summed E-state index contributed by atoms with van der Waals surface area (Å²) in [5, 5.41) is 9.06. The number of aromatic amines is 1. The minimum absolute atomic E-state index is 0.0344. The number of amides is 1. The van der Waals surface area contributed by atoms with Gasteiger partial charge < -0.3 is 15.0 Å². The molecule has 0 aliphatic carbocycles. The summed E-state index contributed by atoms with van der Waals surface area (Å²) in [4.78, 5) is 32.5. The zero-order chi connectivity index (χ0) is 14.7. The number of H-pyrrole nitrogens is 1. The molecule has 0 aliphatic rings. The van der Waals surface area contributed by atoms with Crippen LogP contribution in [0.25, 0.3) is 0 Å². The van der Waals surface area contributed by atoms with E-state index in [1.807, 2.05) is 13.8 Å². The topological polar surface area (TPSA) is 86.3 Å². The van der Waals surface area contributed by atoms with Gasteiger partial charge in [-0.2, -0.15) is 0 Å². The van der Waals surface area contributed by atoms with Gasteiger partial charge in [-0.25, -0.2) is 4.98 Å². The summed E-state index contributed by atoms with van der Waals surface area (Å²) in [6, 6.07) is -0.351. The van der Waals surface area contributed by atoms with Crippen molar-refractivity contribution in [3.8, 4) is 0 Å². The van der Waals surface area contributed by atoms with Crippen LogP contribution < -0.4 is 5.56 Å². The normalized spacial score (nSPS) is 12.6. The Kier molecular flexibility index (Phi) is 4.83. The van der Waals surface area contributed by atoms with Crippen LogP contribution in [-0.2, 0) is 0 Å². The predicted molar refractivity (Wildman–Crippen MR) is 72.3 cm³/mol. The highest BCUT2D eigenvalue weighted by Crippen LogP contribution is 2.10. The second kappa shape index (κ2) is 5.97. The van der Waals surface area contributed by atoms with Gasteiger partial charge in [0.15, 0.2) is 0 Å². The lowest BCUT2D eigenvalue weighted by Gasteiger charge is -2.23. The lowest BCUT2D eigenvalue weighted by Crippen LogP contribution is -2.40. The fourth-order valence-electron chi connectivity index (χ4n) is 1.63. The predicted octanol–water partition coefficient (Wildman–Crippen LogP) is 0.655. The van der Waals surface area contributed by atoms with Gasteiger partial charge in [0.25, 0.3) is 11.5 Å². The van der Waals surface area contributed by atoms with Crippen LogP contribution in [0.3, 0.4) is 0 Å². The number of hydrogen-bond acceptors (Lipinski definition) is 4. The van der Waals surface area contributed by atoms with Crippen LogP contribution in [-0.4, -0.2) is 45.6 Å². The number of carbonyl (C=O) groups is 1. The first-order valence-electron chi connectivity index (χ1n) is 6.28. The third kappa shape index (κ3) is 3.20. The molecule has 0 radical (unpaired) electrons. The maximum Gasteiger partial charge on any atom is 0.264 e. The summed E-state index contributed by atoms with van der Waals surface area (Å²) in [5.74, 6) is 0.227. The first-order chi connectivity index (χ1) is 8.79. The highest BCUT2D eigenvalue weighted by Gasteiger charge is 2.23. The Labute approximate surface area is 112 Å². The zero-order valence-electron chi connectivity index (χ0n) is 12.0. The molecular weight excluding hydrogens is 246 g/mol. The number of hydrogen-bond donors (Lipinski definition) is 2. The fraction of sp³-hybridized carbons (Fsp3) is 0.615. The molecule has 0 spiro atoms. The summed E-state index contributed by atoms with van der Waals surface area (Å²) in [7, 11) is 1.55. The van der Waals surface area contributed by atoms with Crippen LogP contribution in [0.15, 0.2) is 4.79 Å². The van der Waals surface area contributed by atoms with Crippen molar-refractivity contribution in [3.63, 3.8) is 0 Å². The van der Waals surface area contributed by atoms with Crippen molar-refractivity contribution in [1.29, 1.82) is 0 Å². The molecule has 19 heavy (non-hydrogen) atoms. The molecular formula is C13H21N3O3. The van der Waals surface area contributed by atoms with Crippen LogP contribution in [0.5, 0.6) is 0 Å². The fourth-order valence-corrected chi connectivity index (χ4v) is 1.63. The van der Waals surface area contributed by atoms with Crippen molar-refractivity contribution in [2.75, 3.05) is 13.7 Å². The molecule has 6 nitrogen and oxygen atoms in total. The molecule has 0 fully saturated rings. The first-order valence-corrected chi connectivity index (χ1v) is 6.28. The number of aliphatic hydroxyl groups excluding tert-OH is 1. The Balaban J connectivity index is 3.22. The standard InChI is InChI=1S/C13H21N3O3/c1-7(2)11-14-9(4)10(12(18)15-11)13(19)16(5)8(3)6-17/h7-8,17H,6H2,1-5H3,(H,14,15,18). The van der Waals surface area contributed by atoms with Gasteiger partial charge >= 0.3 is 0 Å². The SMILES string of the molecule is Cc1nc(C(C)C)[nH]c(=O)c1C(=O)N(C)C(C)CO. The van der Waals surface area contributed by atoms with Crippen LogP contribution in [0, 0.1) is 6.92 Å². The molecule has 2 N–H and O–H groups in total. The van der Waals surface area contributed by atoms with Crippen molar-refractivity contribution in [2.45, 2.75) is 39.7 Å². The second-order valence-electron chi connectivity index (χ2n) is 5.01. The molecule has 0 aliphatic heterocycles. The van der Waals surface area contributed by atoms with Gasteiger partial charge in [0.1, 0.15) is 11.4 Å². The van der Waals surface area contributed by atoms with E-state index in [1.165, 1.54) is 4.90 Å². The number of aromatic nitrogens is 2. The molecule has 1 heterocycles. The zero-order valence-corrected chi connectivity index (χ0v) is 12.0. The number of likely N-dealkylation sites (N-methyl/N-ethyl adjacent to an activating group) is 1. The van der Waals surface area contributed by atoms with Crippen LogP contribution in [0.4, 0.5) is 0 Å². The van der Waals surface area contributed by atoms with E-state index in [9.17, 15) is 9.59 Å². The second-order valence-corrected chi connectivity index (χ2v) is 5.01. The molecule has 1 rings (SSSR count). The minimum atomic E-state index is -0.432. The molecule has 1 amide bonds. The summed E-state index contributed by atoms with van der Waals surface area (Å²) in [5.41, 5.74) is 0.0137.